The number of amides is 1. The number of nitrogens with zero attached hydrogens (tertiary/aromatic N) is 2. The van der Waals surface area contributed by atoms with Gasteiger partial charge in [-0.2, -0.15) is 9.40 Å². The smallest absolute Gasteiger partial charge is 0.269 e. The number of benzene rings is 2. The molecule has 1 aliphatic rings. The fourth-order valence-electron chi connectivity index (χ4n) is 3.85. The molecule has 1 fully saturated rings. The molecule has 0 atom stereocenters. The van der Waals surface area contributed by atoms with Crippen molar-refractivity contribution in [2.45, 2.75) is 37.6 Å². The van der Waals surface area contributed by atoms with E-state index < -0.39 is 10.0 Å². The first-order valence-electron chi connectivity index (χ1n) is 11.0. The van der Waals surface area contributed by atoms with Crippen LogP contribution in [-0.4, -0.2) is 49.0 Å². The van der Waals surface area contributed by atoms with E-state index in [4.69, 9.17) is 4.74 Å². The summed E-state index contributed by atoms with van der Waals surface area (Å²) in [6.07, 6.45) is 2.73. The van der Waals surface area contributed by atoms with Gasteiger partial charge in [-0.1, -0.05) is 36.2 Å². The van der Waals surface area contributed by atoms with Crippen LogP contribution in [0.15, 0.2) is 53.4 Å². The minimum Gasteiger partial charge on any atom is -0.495 e. The van der Waals surface area contributed by atoms with Crippen LogP contribution in [-0.2, 0) is 16.6 Å². The number of carbonyl (C=O) groups is 1. The van der Waals surface area contributed by atoms with Crippen molar-refractivity contribution in [2.75, 3.05) is 20.2 Å². The molecule has 1 aromatic heterocycles. The minimum absolute atomic E-state index is 0.109. The van der Waals surface area contributed by atoms with Crippen molar-refractivity contribution in [1.82, 2.24) is 19.8 Å². The van der Waals surface area contributed by atoms with Crippen LogP contribution in [0.3, 0.4) is 0 Å². The lowest BCUT2D eigenvalue weighted by Crippen LogP contribution is -2.35. The minimum atomic E-state index is -3.70. The molecule has 2 heterocycles. The Labute approximate surface area is 194 Å². The molecule has 3 aromatic rings. The van der Waals surface area contributed by atoms with Crippen LogP contribution in [0, 0.1) is 6.92 Å². The molecule has 1 saturated heterocycles. The molecule has 1 aliphatic heterocycles. The highest BCUT2D eigenvalue weighted by Crippen LogP contribution is 2.32. The highest BCUT2D eigenvalue weighted by molar-refractivity contribution is 7.89. The lowest BCUT2D eigenvalue weighted by atomic mass is 10.1. The summed E-state index contributed by atoms with van der Waals surface area (Å²) >= 11 is 0. The van der Waals surface area contributed by atoms with E-state index in [-0.39, 0.29) is 16.6 Å². The number of H-pyrrole nitrogens is 1. The molecule has 174 valence electrons. The van der Waals surface area contributed by atoms with Gasteiger partial charge in [0.25, 0.3) is 5.91 Å². The summed E-state index contributed by atoms with van der Waals surface area (Å²) in [4.78, 5) is 12.7. The van der Waals surface area contributed by atoms with Crippen molar-refractivity contribution >= 4 is 15.9 Å². The third-order valence-corrected chi connectivity index (χ3v) is 7.71. The molecule has 8 nitrogen and oxygen atoms in total. The highest BCUT2D eigenvalue weighted by atomic mass is 32.2. The Morgan fingerprint density at radius 3 is 2.52 bits per heavy atom. The Morgan fingerprint density at radius 2 is 1.82 bits per heavy atom. The van der Waals surface area contributed by atoms with E-state index in [1.807, 2.05) is 31.2 Å². The average Bonchev–Trinajstić information content (AvgIpc) is 3.34. The summed E-state index contributed by atoms with van der Waals surface area (Å²) in [7, 11) is -2.24. The first kappa shape index (κ1) is 23.0. The van der Waals surface area contributed by atoms with Crippen LogP contribution >= 0.6 is 0 Å². The van der Waals surface area contributed by atoms with Gasteiger partial charge in [-0.3, -0.25) is 9.89 Å². The maximum absolute atomic E-state index is 13.3. The van der Waals surface area contributed by atoms with Crippen molar-refractivity contribution in [1.29, 1.82) is 0 Å². The molecule has 0 saturated carbocycles. The van der Waals surface area contributed by atoms with E-state index >= 15 is 0 Å². The number of carbonyl (C=O) groups excluding carboxylic acids is 1. The van der Waals surface area contributed by atoms with Crippen LogP contribution in [0.4, 0.5) is 0 Å². The van der Waals surface area contributed by atoms with E-state index in [9.17, 15) is 13.2 Å². The molecular weight excluding hydrogens is 440 g/mol. The molecule has 4 rings (SSSR count). The van der Waals surface area contributed by atoms with Crippen molar-refractivity contribution in [3.05, 3.63) is 65.4 Å². The predicted molar refractivity (Wildman–Crippen MR) is 126 cm³/mol. The Hall–Kier alpha value is -3.17. The quantitative estimate of drug-likeness (QED) is 0.552. The number of ether oxygens (including phenoxy) is 1. The average molecular weight is 469 g/mol. The molecular formula is C24H28N4O4S. The molecule has 0 radical (unpaired) electrons. The van der Waals surface area contributed by atoms with Gasteiger partial charge < -0.3 is 10.1 Å². The van der Waals surface area contributed by atoms with Gasteiger partial charge in [0.15, 0.2) is 0 Å². The zero-order valence-corrected chi connectivity index (χ0v) is 19.6. The van der Waals surface area contributed by atoms with Gasteiger partial charge >= 0.3 is 0 Å². The lowest BCUT2D eigenvalue weighted by molar-refractivity contribution is 0.0946. The van der Waals surface area contributed by atoms with Crippen LogP contribution in [0.5, 0.6) is 5.75 Å². The summed E-state index contributed by atoms with van der Waals surface area (Å²) in [5.74, 6) is -0.0000723. The number of aryl methyl sites for hydroxylation is 1. The monoisotopic (exact) mass is 468 g/mol. The maximum Gasteiger partial charge on any atom is 0.269 e. The van der Waals surface area contributed by atoms with Crippen molar-refractivity contribution in [3.8, 4) is 17.0 Å². The normalized spacial score (nSPS) is 14.7. The van der Waals surface area contributed by atoms with Gasteiger partial charge in [0.05, 0.1) is 12.8 Å². The second-order valence-corrected chi connectivity index (χ2v) is 10.1. The van der Waals surface area contributed by atoms with Crippen molar-refractivity contribution in [3.63, 3.8) is 0 Å². The van der Waals surface area contributed by atoms with E-state index in [0.717, 1.165) is 30.4 Å². The maximum atomic E-state index is 13.3. The van der Waals surface area contributed by atoms with Gasteiger partial charge in [0.1, 0.15) is 16.3 Å². The molecule has 0 unspecified atom stereocenters. The number of hydrogen-bond acceptors (Lipinski definition) is 5. The largest absolute Gasteiger partial charge is 0.495 e. The topological polar surface area (TPSA) is 104 Å². The Morgan fingerprint density at radius 1 is 1.09 bits per heavy atom. The molecule has 2 aromatic carbocycles. The fourth-order valence-corrected chi connectivity index (χ4v) is 5.55. The SMILES string of the molecule is COc1ccc(-c2cc(C(=O)NCc3ccc(C)cc3)[nH]n2)cc1S(=O)(=O)N1CCCCC1. The summed E-state index contributed by atoms with van der Waals surface area (Å²) in [6, 6.07) is 14.5. The summed E-state index contributed by atoms with van der Waals surface area (Å²) in [5, 5.41) is 9.84. The van der Waals surface area contributed by atoms with Gasteiger partial charge in [0, 0.05) is 25.2 Å². The van der Waals surface area contributed by atoms with E-state index in [1.54, 1.807) is 24.3 Å². The van der Waals surface area contributed by atoms with E-state index in [2.05, 4.69) is 15.5 Å². The van der Waals surface area contributed by atoms with Crippen LogP contribution in [0.2, 0.25) is 0 Å². The number of methoxy groups -OCH3 is 1. The predicted octanol–water partition coefficient (Wildman–Crippen LogP) is 3.50. The summed E-state index contributed by atoms with van der Waals surface area (Å²) in [5.41, 5.74) is 3.52. The van der Waals surface area contributed by atoms with E-state index in [1.165, 1.54) is 11.4 Å². The third-order valence-electron chi connectivity index (χ3n) is 5.79. The van der Waals surface area contributed by atoms with Crippen LogP contribution in [0.1, 0.15) is 40.9 Å². The fraction of sp³-hybridized carbons (Fsp3) is 0.333. The highest BCUT2D eigenvalue weighted by Gasteiger charge is 2.29. The van der Waals surface area contributed by atoms with Gasteiger partial charge in [0.2, 0.25) is 10.0 Å². The Bertz CT molecular complexity index is 1230. The Balaban J connectivity index is 1.54. The molecule has 9 heteroatoms. The zero-order chi connectivity index (χ0) is 23.4. The van der Waals surface area contributed by atoms with Crippen LogP contribution < -0.4 is 10.1 Å². The third kappa shape index (κ3) is 5.09. The number of hydrogen-bond donors (Lipinski definition) is 2. The number of piperidine rings is 1. The Kier molecular flexibility index (Phi) is 6.80. The number of aromatic amines is 1. The molecule has 0 aliphatic carbocycles. The molecule has 33 heavy (non-hydrogen) atoms. The van der Waals surface area contributed by atoms with Gasteiger partial charge in [-0.15, -0.1) is 0 Å². The number of rotatable bonds is 7. The number of nitrogens with one attached hydrogen (secondary N) is 2. The zero-order valence-electron chi connectivity index (χ0n) is 18.8. The van der Waals surface area contributed by atoms with Crippen molar-refractivity contribution < 1.29 is 17.9 Å². The molecule has 0 spiro atoms. The first-order valence-corrected chi connectivity index (χ1v) is 12.4. The summed E-state index contributed by atoms with van der Waals surface area (Å²) in [6.45, 7) is 3.41. The lowest BCUT2D eigenvalue weighted by Gasteiger charge is -2.26. The van der Waals surface area contributed by atoms with Crippen LogP contribution in [0.25, 0.3) is 11.3 Å². The number of aromatic nitrogens is 2. The van der Waals surface area contributed by atoms with E-state index in [0.29, 0.717) is 36.6 Å². The molecule has 0 bridgehead atoms. The second-order valence-electron chi connectivity index (χ2n) is 8.17. The molecule has 2 N–H and O–H groups in total. The molecule has 1 amide bonds. The number of sulfonamides is 1. The summed E-state index contributed by atoms with van der Waals surface area (Å²) < 4.78 is 33.4. The van der Waals surface area contributed by atoms with Gasteiger partial charge in [-0.25, -0.2) is 8.42 Å². The van der Waals surface area contributed by atoms with Crippen molar-refractivity contribution in [2.24, 2.45) is 0 Å². The van der Waals surface area contributed by atoms with Gasteiger partial charge in [-0.05, 0) is 49.6 Å². The standard InChI is InChI=1S/C24H28N4O4S/c1-17-6-8-18(9-7-17)16-25-24(29)21-15-20(26-27-21)19-10-11-22(32-2)23(14-19)33(30,31)28-12-4-3-5-13-28/h6-11,14-15H,3-5,12-13,16H2,1-2H3,(H,25,29)(H,26,27). The first-order chi connectivity index (χ1) is 15.9. The second kappa shape index (κ2) is 9.76.